The van der Waals surface area contributed by atoms with Crippen LogP contribution in [0.5, 0.6) is 0 Å². The number of hydrogen-bond acceptors (Lipinski definition) is 3. The van der Waals surface area contributed by atoms with Gasteiger partial charge in [0.1, 0.15) is 6.29 Å². The molecule has 2 atom stereocenters. The van der Waals surface area contributed by atoms with Gasteiger partial charge in [0.15, 0.2) is 0 Å². The van der Waals surface area contributed by atoms with Crippen molar-refractivity contribution in [3.63, 3.8) is 0 Å². The molecule has 54 valence electrons. The summed E-state index contributed by atoms with van der Waals surface area (Å²) in [5, 5.41) is 8.96. The summed E-state index contributed by atoms with van der Waals surface area (Å²) in [7, 11) is 1.50. The van der Waals surface area contributed by atoms with Crippen LogP contribution in [-0.4, -0.2) is 30.7 Å². The second-order valence-corrected chi connectivity index (χ2v) is 1.91. The van der Waals surface area contributed by atoms with Crippen molar-refractivity contribution in [2.24, 2.45) is 0 Å². The van der Waals surface area contributed by atoms with Crippen LogP contribution in [0.4, 0.5) is 0 Å². The minimum absolute atomic E-state index is 0.148. The third-order valence-corrected chi connectivity index (χ3v) is 1.25. The van der Waals surface area contributed by atoms with Crippen LogP contribution >= 0.6 is 0 Å². The highest BCUT2D eigenvalue weighted by Crippen LogP contribution is 1.98. The monoisotopic (exact) mass is 132 g/mol. The van der Waals surface area contributed by atoms with Gasteiger partial charge in [-0.05, 0) is 6.92 Å². The molecule has 0 heterocycles. The molecule has 0 aromatic rings. The Labute approximate surface area is 54.6 Å². The smallest absolute Gasteiger partial charge is 0.122 e. The fourth-order valence-electron chi connectivity index (χ4n) is 0.447. The molecule has 0 rings (SSSR count). The summed E-state index contributed by atoms with van der Waals surface area (Å²) >= 11 is 0. The summed E-state index contributed by atoms with van der Waals surface area (Å²) in [6.07, 6.45) is -0.0856. The summed E-state index contributed by atoms with van der Waals surface area (Å²) in [6, 6.07) is 0. The van der Waals surface area contributed by atoms with Crippen LogP contribution in [-0.2, 0) is 9.53 Å². The minimum atomic E-state index is -0.660. The van der Waals surface area contributed by atoms with Crippen LogP contribution in [0.3, 0.4) is 0 Å². The fourth-order valence-corrected chi connectivity index (χ4v) is 0.447. The van der Waals surface area contributed by atoms with E-state index in [1.807, 2.05) is 0 Å². The Morgan fingerprint density at radius 3 is 2.67 bits per heavy atom. The van der Waals surface area contributed by atoms with Gasteiger partial charge in [-0.2, -0.15) is 0 Å². The Balaban J connectivity index is 3.44. The van der Waals surface area contributed by atoms with Crippen LogP contribution in [0.1, 0.15) is 13.3 Å². The van der Waals surface area contributed by atoms with Crippen molar-refractivity contribution in [3.8, 4) is 0 Å². The van der Waals surface area contributed by atoms with Gasteiger partial charge in [-0.1, -0.05) is 0 Å². The number of rotatable bonds is 4. The molecule has 0 spiro atoms. The van der Waals surface area contributed by atoms with Gasteiger partial charge in [-0.3, -0.25) is 0 Å². The average molecular weight is 132 g/mol. The van der Waals surface area contributed by atoms with Gasteiger partial charge in [0, 0.05) is 13.5 Å². The fraction of sp³-hybridized carbons (Fsp3) is 0.833. The number of hydrogen-bond donors (Lipinski definition) is 1. The second kappa shape index (κ2) is 4.47. The summed E-state index contributed by atoms with van der Waals surface area (Å²) in [5.74, 6) is 0. The lowest BCUT2D eigenvalue weighted by Gasteiger charge is -2.13. The van der Waals surface area contributed by atoms with Crippen LogP contribution < -0.4 is 0 Å². The van der Waals surface area contributed by atoms with Crippen LogP contribution in [0.2, 0.25) is 0 Å². The highest BCUT2D eigenvalue weighted by Gasteiger charge is 2.11. The molecule has 0 aliphatic rings. The van der Waals surface area contributed by atoms with Gasteiger partial charge in [-0.25, -0.2) is 0 Å². The van der Waals surface area contributed by atoms with Crippen molar-refractivity contribution in [1.29, 1.82) is 0 Å². The van der Waals surface area contributed by atoms with Crippen molar-refractivity contribution >= 4 is 6.29 Å². The number of carbonyl (C=O) groups is 1. The summed E-state index contributed by atoms with van der Waals surface area (Å²) in [4.78, 5) is 9.82. The van der Waals surface area contributed by atoms with E-state index < -0.39 is 6.10 Å². The first-order valence-corrected chi connectivity index (χ1v) is 2.87. The Morgan fingerprint density at radius 2 is 2.33 bits per heavy atom. The van der Waals surface area contributed by atoms with E-state index in [-0.39, 0.29) is 12.5 Å². The molecule has 0 radical (unpaired) electrons. The molecule has 0 amide bonds. The Hall–Kier alpha value is -0.410. The van der Waals surface area contributed by atoms with E-state index in [2.05, 4.69) is 0 Å². The van der Waals surface area contributed by atoms with Crippen LogP contribution in [0, 0.1) is 0 Å². The largest absolute Gasteiger partial charge is 0.390 e. The molecule has 0 fully saturated rings. The zero-order valence-electron chi connectivity index (χ0n) is 5.70. The molecule has 0 saturated heterocycles. The normalized spacial score (nSPS) is 16.8. The molecule has 0 bridgehead atoms. The molecule has 3 nitrogen and oxygen atoms in total. The van der Waals surface area contributed by atoms with Crippen molar-refractivity contribution in [1.82, 2.24) is 0 Å². The van der Waals surface area contributed by atoms with E-state index in [1.165, 1.54) is 7.11 Å². The Kier molecular flexibility index (Phi) is 4.26. The first-order chi connectivity index (χ1) is 4.22. The zero-order chi connectivity index (χ0) is 7.28. The predicted octanol–water partition coefficient (Wildman–Crippen LogP) is -0.0288. The maximum Gasteiger partial charge on any atom is 0.122 e. The second-order valence-electron chi connectivity index (χ2n) is 1.91. The number of methoxy groups -OCH3 is 1. The molecule has 2 unspecified atom stereocenters. The molecule has 0 aliphatic heterocycles. The molecule has 0 aromatic carbocycles. The van der Waals surface area contributed by atoms with E-state index in [0.717, 1.165) is 0 Å². The minimum Gasteiger partial charge on any atom is -0.390 e. The average Bonchev–Trinajstić information content (AvgIpc) is 1.87. The number of aliphatic hydroxyl groups excluding tert-OH is 1. The SMILES string of the molecule is COC(C)C(O)CC=O. The van der Waals surface area contributed by atoms with Crippen molar-refractivity contribution < 1.29 is 14.6 Å². The third-order valence-electron chi connectivity index (χ3n) is 1.25. The van der Waals surface area contributed by atoms with Gasteiger partial charge in [-0.15, -0.1) is 0 Å². The molecule has 0 aromatic heterocycles. The molecular weight excluding hydrogens is 120 g/mol. The van der Waals surface area contributed by atoms with Crippen molar-refractivity contribution in [3.05, 3.63) is 0 Å². The number of aldehydes is 1. The molecule has 9 heavy (non-hydrogen) atoms. The van der Waals surface area contributed by atoms with Crippen molar-refractivity contribution in [2.75, 3.05) is 7.11 Å². The summed E-state index contributed by atoms with van der Waals surface area (Å²) in [5.41, 5.74) is 0. The van der Waals surface area contributed by atoms with Crippen LogP contribution in [0.15, 0.2) is 0 Å². The van der Waals surface area contributed by atoms with Gasteiger partial charge >= 0.3 is 0 Å². The summed E-state index contributed by atoms with van der Waals surface area (Å²) < 4.78 is 4.76. The first-order valence-electron chi connectivity index (χ1n) is 2.87. The highest BCUT2D eigenvalue weighted by atomic mass is 16.5. The molecular formula is C6H12O3. The number of ether oxygens (including phenoxy) is 1. The number of carbonyl (C=O) groups excluding carboxylic acids is 1. The van der Waals surface area contributed by atoms with E-state index in [9.17, 15) is 4.79 Å². The van der Waals surface area contributed by atoms with Crippen molar-refractivity contribution in [2.45, 2.75) is 25.6 Å². The maximum absolute atomic E-state index is 9.82. The zero-order valence-corrected chi connectivity index (χ0v) is 5.70. The third kappa shape index (κ3) is 3.21. The molecule has 1 N–H and O–H groups in total. The quantitative estimate of drug-likeness (QED) is 0.546. The van der Waals surface area contributed by atoms with E-state index in [1.54, 1.807) is 6.92 Å². The van der Waals surface area contributed by atoms with Gasteiger partial charge in [0.05, 0.1) is 12.2 Å². The maximum atomic E-state index is 9.82. The topological polar surface area (TPSA) is 46.5 Å². The summed E-state index contributed by atoms with van der Waals surface area (Å²) in [6.45, 7) is 1.72. The molecule has 0 saturated carbocycles. The van der Waals surface area contributed by atoms with E-state index >= 15 is 0 Å². The predicted molar refractivity (Wildman–Crippen MR) is 33.2 cm³/mol. The van der Waals surface area contributed by atoms with Gasteiger partial charge < -0.3 is 14.6 Å². The lowest BCUT2D eigenvalue weighted by atomic mass is 10.2. The lowest BCUT2D eigenvalue weighted by molar-refractivity contribution is -0.111. The van der Waals surface area contributed by atoms with Gasteiger partial charge in [0.2, 0.25) is 0 Å². The highest BCUT2D eigenvalue weighted by molar-refractivity contribution is 5.50. The van der Waals surface area contributed by atoms with Gasteiger partial charge in [0.25, 0.3) is 0 Å². The first kappa shape index (κ1) is 8.59. The standard InChI is InChI=1S/C6H12O3/c1-5(9-2)6(8)3-4-7/h4-6,8H,3H2,1-2H3. The Morgan fingerprint density at radius 1 is 1.78 bits per heavy atom. The Bertz CT molecular complexity index is 82.4. The molecule has 0 aliphatic carbocycles. The van der Waals surface area contributed by atoms with E-state index in [4.69, 9.17) is 9.84 Å². The van der Waals surface area contributed by atoms with Crippen LogP contribution in [0.25, 0.3) is 0 Å². The lowest BCUT2D eigenvalue weighted by Crippen LogP contribution is -2.24. The van der Waals surface area contributed by atoms with E-state index in [0.29, 0.717) is 6.29 Å². The number of aliphatic hydroxyl groups is 1. The molecule has 3 heteroatoms.